The maximum atomic E-state index is 12.5. The Morgan fingerprint density at radius 1 is 1.42 bits per heavy atom. The van der Waals surface area contributed by atoms with Gasteiger partial charge in [0, 0.05) is 5.56 Å². The highest BCUT2D eigenvalue weighted by Crippen LogP contribution is 2.33. The van der Waals surface area contributed by atoms with Gasteiger partial charge in [0.15, 0.2) is 6.29 Å². The highest BCUT2D eigenvalue weighted by Gasteiger charge is 2.33. The molecule has 0 saturated carbocycles. The van der Waals surface area contributed by atoms with E-state index in [9.17, 15) is 18.0 Å². The summed E-state index contributed by atoms with van der Waals surface area (Å²) in [6.07, 6.45) is -6.27. The lowest BCUT2D eigenvalue weighted by atomic mass is 10.1. The Morgan fingerprint density at radius 2 is 2.16 bits per heavy atom. The minimum Gasteiger partial charge on any atom is -0.481 e. The smallest absolute Gasteiger partial charge is 0.416 e. The lowest BCUT2D eigenvalue weighted by Gasteiger charge is -2.13. The molecule has 1 aromatic rings. The predicted molar refractivity (Wildman–Crippen MR) is 57.3 cm³/mol. The van der Waals surface area contributed by atoms with Crippen molar-refractivity contribution in [3.8, 4) is 0 Å². The molecule has 104 valence electrons. The topological polar surface area (TPSA) is 55.8 Å². The van der Waals surface area contributed by atoms with Crippen LogP contribution in [0, 0.1) is 0 Å². The van der Waals surface area contributed by atoms with Crippen molar-refractivity contribution in [1.29, 1.82) is 0 Å². The molecule has 1 aliphatic rings. The third kappa shape index (κ3) is 3.45. The Bertz CT molecular complexity index is 472. The minimum absolute atomic E-state index is 0.0488. The largest absolute Gasteiger partial charge is 0.481 e. The molecule has 1 heterocycles. The summed E-state index contributed by atoms with van der Waals surface area (Å²) in [5.41, 5.74) is -0.568. The van der Waals surface area contributed by atoms with Gasteiger partial charge in [0.2, 0.25) is 0 Å². The second-order valence-electron chi connectivity index (χ2n) is 4.14. The van der Waals surface area contributed by atoms with Crippen LogP contribution in [0.5, 0.6) is 0 Å². The summed E-state index contributed by atoms with van der Waals surface area (Å²) in [5.74, 6) is -1.04. The van der Waals surface area contributed by atoms with E-state index >= 15 is 0 Å². The molecule has 4 nitrogen and oxygen atoms in total. The fourth-order valence-corrected chi connectivity index (χ4v) is 1.79. The molecule has 0 radical (unpaired) electrons. The van der Waals surface area contributed by atoms with Crippen molar-refractivity contribution in [3.05, 3.63) is 35.4 Å². The van der Waals surface area contributed by atoms with E-state index in [1.54, 1.807) is 0 Å². The predicted octanol–water partition coefficient (Wildman–Crippen LogP) is 2.59. The molecule has 1 aliphatic heterocycles. The number of ether oxygens (including phenoxy) is 2. The first kappa shape index (κ1) is 13.8. The van der Waals surface area contributed by atoms with Crippen LogP contribution in [-0.2, 0) is 20.4 Å². The molecule has 2 unspecified atom stereocenters. The standard InChI is InChI=1S/C12H11F3O4/c13-12(14,15)8-3-1-2-7(4-8)11-18-6-9(19-11)5-10(16)17/h1-4,9,11H,5-6H2,(H,16,17). The molecule has 0 bridgehead atoms. The van der Waals surface area contributed by atoms with Crippen LogP contribution < -0.4 is 0 Å². The van der Waals surface area contributed by atoms with E-state index in [-0.39, 0.29) is 18.6 Å². The summed E-state index contributed by atoms with van der Waals surface area (Å²) >= 11 is 0. The van der Waals surface area contributed by atoms with Gasteiger partial charge in [-0.1, -0.05) is 12.1 Å². The van der Waals surface area contributed by atoms with E-state index in [2.05, 4.69) is 0 Å². The van der Waals surface area contributed by atoms with E-state index < -0.39 is 30.1 Å². The number of alkyl halides is 3. The molecule has 19 heavy (non-hydrogen) atoms. The zero-order valence-corrected chi connectivity index (χ0v) is 9.68. The monoisotopic (exact) mass is 276 g/mol. The van der Waals surface area contributed by atoms with Crippen LogP contribution in [0.3, 0.4) is 0 Å². The lowest BCUT2D eigenvalue weighted by molar-refractivity contribution is -0.140. The van der Waals surface area contributed by atoms with Crippen molar-refractivity contribution in [1.82, 2.24) is 0 Å². The number of hydrogen-bond donors (Lipinski definition) is 1. The summed E-state index contributed by atoms with van der Waals surface area (Å²) in [5, 5.41) is 8.60. The Hall–Kier alpha value is -1.60. The average molecular weight is 276 g/mol. The summed E-state index contributed by atoms with van der Waals surface area (Å²) in [6.45, 7) is 0.0488. The first-order chi connectivity index (χ1) is 8.86. The van der Waals surface area contributed by atoms with Gasteiger partial charge in [-0.2, -0.15) is 13.2 Å². The molecule has 0 aromatic heterocycles. The van der Waals surface area contributed by atoms with Crippen molar-refractivity contribution in [2.45, 2.75) is 25.0 Å². The Morgan fingerprint density at radius 3 is 2.79 bits per heavy atom. The number of rotatable bonds is 3. The third-order valence-corrected chi connectivity index (χ3v) is 2.64. The van der Waals surface area contributed by atoms with Crippen LogP contribution in [0.1, 0.15) is 23.8 Å². The van der Waals surface area contributed by atoms with Gasteiger partial charge in [0.1, 0.15) is 0 Å². The SMILES string of the molecule is O=C(O)CC1COC(c2cccc(C(F)(F)F)c2)O1. The van der Waals surface area contributed by atoms with E-state index in [4.69, 9.17) is 14.6 Å². The molecule has 0 amide bonds. The molecule has 7 heteroatoms. The van der Waals surface area contributed by atoms with Crippen molar-refractivity contribution in [2.75, 3.05) is 6.61 Å². The fraction of sp³-hybridized carbons (Fsp3) is 0.417. The van der Waals surface area contributed by atoms with Gasteiger partial charge >= 0.3 is 12.1 Å². The van der Waals surface area contributed by atoms with E-state index in [0.29, 0.717) is 0 Å². The van der Waals surface area contributed by atoms with Crippen LogP contribution in [0.25, 0.3) is 0 Å². The third-order valence-electron chi connectivity index (χ3n) is 2.64. The summed E-state index contributed by atoms with van der Waals surface area (Å²) in [4.78, 5) is 10.5. The summed E-state index contributed by atoms with van der Waals surface area (Å²) < 4.78 is 48.1. The molecular formula is C12H11F3O4. The summed E-state index contributed by atoms with van der Waals surface area (Å²) in [6, 6.07) is 4.60. The Balaban J connectivity index is 2.09. The lowest BCUT2D eigenvalue weighted by Crippen LogP contribution is -2.15. The molecule has 1 fully saturated rings. The van der Waals surface area contributed by atoms with E-state index in [1.807, 2.05) is 0 Å². The van der Waals surface area contributed by atoms with Crippen molar-refractivity contribution < 1.29 is 32.5 Å². The normalized spacial score (nSPS) is 23.5. The maximum Gasteiger partial charge on any atom is 0.416 e. The number of halogens is 3. The number of carboxylic acids is 1. The highest BCUT2D eigenvalue weighted by atomic mass is 19.4. The van der Waals surface area contributed by atoms with Gasteiger partial charge < -0.3 is 14.6 Å². The fourth-order valence-electron chi connectivity index (χ4n) is 1.79. The molecular weight excluding hydrogens is 265 g/mol. The van der Waals surface area contributed by atoms with Crippen LogP contribution in [-0.4, -0.2) is 23.8 Å². The molecule has 0 aliphatic carbocycles. The Kier molecular flexibility index (Phi) is 3.77. The second-order valence-corrected chi connectivity index (χ2v) is 4.14. The van der Waals surface area contributed by atoms with Crippen LogP contribution in [0.4, 0.5) is 13.2 Å². The number of hydrogen-bond acceptors (Lipinski definition) is 3. The molecule has 0 spiro atoms. The first-order valence-corrected chi connectivity index (χ1v) is 5.52. The van der Waals surface area contributed by atoms with Gasteiger partial charge in [-0.3, -0.25) is 4.79 Å². The van der Waals surface area contributed by atoms with Crippen molar-refractivity contribution >= 4 is 5.97 Å². The number of benzene rings is 1. The van der Waals surface area contributed by atoms with Gasteiger partial charge in [-0.05, 0) is 12.1 Å². The number of carboxylic acid groups (broad SMARTS) is 1. The van der Waals surface area contributed by atoms with Crippen molar-refractivity contribution in [3.63, 3.8) is 0 Å². The first-order valence-electron chi connectivity index (χ1n) is 5.52. The molecule has 1 N–H and O–H groups in total. The van der Waals surface area contributed by atoms with E-state index in [0.717, 1.165) is 12.1 Å². The second kappa shape index (κ2) is 5.18. The van der Waals surface area contributed by atoms with Gasteiger partial charge in [-0.25, -0.2) is 0 Å². The highest BCUT2D eigenvalue weighted by molar-refractivity contribution is 5.67. The summed E-state index contributed by atoms with van der Waals surface area (Å²) in [7, 11) is 0. The van der Waals surface area contributed by atoms with Crippen LogP contribution in [0.15, 0.2) is 24.3 Å². The quantitative estimate of drug-likeness (QED) is 0.922. The number of aliphatic carboxylic acids is 1. The number of carbonyl (C=O) groups is 1. The van der Waals surface area contributed by atoms with Crippen LogP contribution in [0.2, 0.25) is 0 Å². The molecule has 2 rings (SSSR count). The molecule has 1 saturated heterocycles. The average Bonchev–Trinajstić information content (AvgIpc) is 2.76. The van der Waals surface area contributed by atoms with Crippen molar-refractivity contribution in [2.24, 2.45) is 0 Å². The van der Waals surface area contributed by atoms with Gasteiger partial charge in [0.25, 0.3) is 0 Å². The van der Waals surface area contributed by atoms with Crippen LogP contribution >= 0.6 is 0 Å². The maximum absolute atomic E-state index is 12.5. The Labute approximate surface area is 106 Å². The molecule has 2 atom stereocenters. The van der Waals surface area contributed by atoms with Gasteiger partial charge in [0.05, 0.1) is 24.7 Å². The zero-order chi connectivity index (χ0) is 14.0. The van der Waals surface area contributed by atoms with E-state index in [1.165, 1.54) is 12.1 Å². The molecule has 1 aromatic carbocycles. The minimum atomic E-state index is -4.44. The van der Waals surface area contributed by atoms with Gasteiger partial charge in [-0.15, -0.1) is 0 Å². The zero-order valence-electron chi connectivity index (χ0n) is 9.68.